The lowest BCUT2D eigenvalue weighted by Gasteiger charge is -2.20. The number of hydrogen-bond donors (Lipinski definition) is 5. The standard InChI is InChI=1S/C17H22N4O7/c18-13(22)7-6-11(15(24)20-12(16(25)26)8-14(19)23)21-17(27)28-9-10-4-2-1-3-5-10/h1-5,11-12H,6-9H2,(H2,18,22)(H2,19,23)(H,20,24)(H,21,27)(H,25,26)/t11-,12-/m0/s1. The van der Waals surface area contributed by atoms with E-state index < -0.39 is 48.3 Å². The number of ether oxygens (including phenoxy) is 1. The van der Waals surface area contributed by atoms with E-state index in [4.69, 9.17) is 21.3 Å². The fourth-order valence-corrected chi connectivity index (χ4v) is 2.14. The summed E-state index contributed by atoms with van der Waals surface area (Å²) in [6.07, 6.45) is -2.02. The highest BCUT2D eigenvalue weighted by Gasteiger charge is 2.28. The summed E-state index contributed by atoms with van der Waals surface area (Å²) in [6, 6.07) is 5.87. The molecular weight excluding hydrogens is 372 g/mol. The van der Waals surface area contributed by atoms with Gasteiger partial charge < -0.3 is 31.9 Å². The summed E-state index contributed by atoms with van der Waals surface area (Å²) >= 11 is 0. The molecule has 7 N–H and O–H groups in total. The number of alkyl carbamates (subject to hydrolysis) is 1. The molecule has 0 aliphatic rings. The Morgan fingerprint density at radius 1 is 0.964 bits per heavy atom. The van der Waals surface area contributed by atoms with Crippen molar-refractivity contribution in [2.75, 3.05) is 0 Å². The zero-order valence-corrected chi connectivity index (χ0v) is 14.9. The van der Waals surface area contributed by atoms with E-state index in [0.29, 0.717) is 5.56 Å². The molecule has 28 heavy (non-hydrogen) atoms. The first kappa shape index (κ1) is 22.4. The van der Waals surface area contributed by atoms with E-state index in [0.717, 1.165) is 0 Å². The Kier molecular flexibility index (Phi) is 8.93. The molecule has 0 aliphatic carbocycles. The molecule has 2 atom stereocenters. The monoisotopic (exact) mass is 394 g/mol. The van der Waals surface area contributed by atoms with Crippen LogP contribution in [0.4, 0.5) is 4.79 Å². The average Bonchev–Trinajstić information content (AvgIpc) is 2.63. The number of carbonyl (C=O) groups excluding carboxylic acids is 4. The Morgan fingerprint density at radius 3 is 2.14 bits per heavy atom. The number of nitrogens with one attached hydrogen (secondary N) is 2. The Bertz CT molecular complexity index is 723. The van der Waals surface area contributed by atoms with Gasteiger partial charge in [0.2, 0.25) is 17.7 Å². The first-order valence-electron chi connectivity index (χ1n) is 8.26. The third kappa shape index (κ3) is 8.65. The van der Waals surface area contributed by atoms with Gasteiger partial charge in [-0.2, -0.15) is 0 Å². The molecule has 0 unspecified atom stereocenters. The number of rotatable bonds is 11. The maximum atomic E-state index is 12.3. The number of aliphatic carboxylic acids is 1. The topological polar surface area (TPSA) is 191 Å². The summed E-state index contributed by atoms with van der Waals surface area (Å²) in [4.78, 5) is 57.3. The van der Waals surface area contributed by atoms with E-state index in [9.17, 15) is 24.0 Å². The maximum Gasteiger partial charge on any atom is 0.408 e. The van der Waals surface area contributed by atoms with Crippen LogP contribution in [0.1, 0.15) is 24.8 Å². The van der Waals surface area contributed by atoms with Crippen molar-refractivity contribution < 1.29 is 33.8 Å². The van der Waals surface area contributed by atoms with Gasteiger partial charge in [-0.05, 0) is 12.0 Å². The predicted octanol–water partition coefficient (Wildman–Crippen LogP) is -1.01. The average molecular weight is 394 g/mol. The number of hydrogen-bond acceptors (Lipinski definition) is 6. The van der Waals surface area contributed by atoms with Crippen molar-refractivity contribution in [2.45, 2.75) is 38.0 Å². The lowest BCUT2D eigenvalue weighted by atomic mass is 10.1. The largest absolute Gasteiger partial charge is 0.480 e. The second kappa shape index (κ2) is 11.2. The normalized spacial score (nSPS) is 12.3. The zero-order chi connectivity index (χ0) is 21.1. The van der Waals surface area contributed by atoms with Gasteiger partial charge in [-0.1, -0.05) is 30.3 Å². The number of amides is 4. The van der Waals surface area contributed by atoms with Crippen molar-refractivity contribution in [1.82, 2.24) is 10.6 Å². The molecule has 0 spiro atoms. The molecule has 0 bridgehead atoms. The Labute approximate surface area is 160 Å². The summed E-state index contributed by atoms with van der Waals surface area (Å²) in [7, 11) is 0. The second-order valence-electron chi connectivity index (χ2n) is 5.83. The number of carboxylic acid groups (broad SMARTS) is 1. The maximum absolute atomic E-state index is 12.3. The van der Waals surface area contributed by atoms with Crippen LogP contribution in [0.3, 0.4) is 0 Å². The third-order valence-electron chi connectivity index (χ3n) is 3.52. The highest BCUT2D eigenvalue weighted by molar-refractivity contribution is 5.91. The molecule has 0 heterocycles. The van der Waals surface area contributed by atoms with E-state index in [1.54, 1.807) is 30.3 Å². The van der Waals surface area contributed by atoms with E-state index in [2.05, 4.69) is 10.6 Å². The van der Waals surface area contributed by atoms with Crippen LogP contribution in [-0.4, -0.2) is 47.0 Å². The molecule has 0 radical (unpaired) electrons. The summed E-state index contributed by atoms with van der Waals surface area (Å²) in [5, 5.41) is 13.4. The van der Waals surface area contributed by atoms with Crippen LogP contribution >= 0.6 is 0 Å². The van der Waals surface area contributed by atoms with Gasteiger partial charge in [0, 0.05) is 6.42 Å². The van der Waals surface area contributed by atoms with Crippen molar-refractivity contribution in [3.63, 3.8) is 0 Å². The first-order valence-corrected chi connectivity index (χ1v) is 8.26. The number of carbonyl (C=O) groups is 5. The minimum Gasteiger partial charge on any atom is -0.480 e. The lowest BCUT2D eigenvalue weighted by Crippen LogP contribution is -2.52. The lowest BCUT2D eigenvalue weighted by molar-refractivity contribution is -0.143. The van der Waals surface area contributed by atoms with Crippen LogP contribution in [0.2, 0.25) is 0 Å². The SMILES string of the molecule is NC(=O)CC[C@H](NC(=O)OCc1ccccc1)C(=O)N[C@@H](CC(N)=O)C(=O)O. The summed E-state index contributed by atoms with van der Waals surface area (Å²) < 4.78 is 5.00. The van der Waals surface area contributed by atoms with Gasteiger partial charge in [-0.15, -0.1) is 0 Å². The van der Waals surface area contributed by atoms with Crippen LogP contribution in [-0.2, 0) is 30.5 Å². The molecular formula is C17H22N4O7. The predicted molar refractivity (Wildman–Crippen MR) is 95.4 cm³/mol. The van der Waals surface area contributed by atoms with E-state index >= 15 is 0 Å². The van der Waals surface area contributed by atoms with Crippen LogP contribution < -0.4 is 22.1 Å². The second-order valence-corrected chi connectivity index (χ2v) is 5.83. The third-order valence-corrected chi connectivity index (χ3v) is 3.52. The van der Waals surface area contributed by atoms with Gasteiger partial charge >= 0.3 is 12.1 Å². The van der Waals surface area contributed by atoms with E-state index in [-0.39, 0.29) is 19.4 Å². The molecule has 0 aromatic heterocycles. The molecule has 0 saturated heterocycles. The first-order chi connectivity index (χ1) is 13.2. The Morgan fingerprint density at radius 2 is 1.61 bits per heavy atom. The molecule has 152 valence electrons. The Hall–Kier alpha value is -3.63. The minimum absolute atomic E-state index is 0.0593. The van der Waals surface area contributed by atoms with Crippen molar-refractivity contribution in [3.05, 3.63) is 35.9 Å². The van der Waals surface area contributed by atoms with E-state index in [1.807, 2.05) is 0 Å². The smallest absolute Gasteiger partial charge is 0.408 e. The zero-order valence-electron chi connectivity index (χ0n) is 14.9. The molecule has 4 amide bonds. The molecule has 0 fully saturated rings. The van der Waals surface area contributed by atoms with Gasteiger partial charge in [0.25, 0.3) is 0 Å². The molecule has 11 heteroatoms. The fraction of sp³-hybridized carbons (Fsp3) is 0.353. The molecule has 1 aromatic rings. The van der Waals surface area contributed by atoms with Crippen LogP contribution in [0.15, 0.2) is 30.3 Å². The molecule has 1 aromatic carbocycles. The van der Waals surface area contributed by atoms with Gasteiger partial charge in [-0.25, -0.2) is 9.59 Å². The Balaban J connectivity index is 2.72. The fourth-order valence-electron chi connectivity index (χ4n) is 2.14. The van der Waals surface area contributed by atoms with Gasteiger partial charge in [0.15, 0.2) is 0 Å². The molecule has 0 aliphatic heterocycles. The van der Waals surface area contributed by atoms with Crippen molar-refractivity contribution in [1.29, 1.82) is 0 Å². The van der Waals surface area contributed by atoms with Gasteiger partial charge in [0.05, 0.1) is 6.42 Å². The summed E-state index contributed by atoms with van der Waals surface area (Å²) in [5.74, 6) is -4.06. The highest BCUT2D eigenvalue weighted by atomic mass is 16.5. The van der Waals surface area contributed by atoms with E-state index in [1.165, 1.54) is 0 Å². The van der Waals surface area contributed by atoms with Crippen molar-refractivity contribution in [2.24, 2.45) is 11.5 Å². The number of carboxylic acids is 1. The van der Waals surface area contributed by atoms with Crippen LogP contribution in [0, 0.1) is 0 Å². The van der Waals surface area contributed by atoms with Crippen LogP contribution in [0.25, 0.3) is 0 Å². The highest BCUT2D eigenvalue weighted by Crippen LogP contribution is 2.04. The number of benzene rings is 1. The number of primary amides is 2. The quantitative estimate of drug-likeness (QED) is 0.317. The number of nitrogens with two attached hydrogens (primary N) is 2. The minimum atomic E-state index is -1.58. The van der Waals surface area contributed by atoms with Crippen molar-refractivity contribution >= 4 is 29.8 Å². The molecule has 11 nitrogen and oxygen atoms in total. The van der Waals surface area contributed by atoms with Gasteiger partial charge in [-0.3, -0.25) is 14.4 Å². The molecule has 0 saturated carbocycles. The summed E-state index contributed by atoms with van der Waals surface area (Å²) in [5.41, 5.74) is 10.7. The van der Waals surface area contributed by atoms with Crippen LogP contribution in [0.5, 0.6) is 0 Å². The van der Waals surface area contributed by atoms with Crippen molar-refractivity contribution in [3.8, 4) is 0 Å². The summed E-state index contributed by atoms with van der Waals surface area (Å²) in [6.45, 7) is -0.0593. The van der Waals surface area contributed by atoms with Gasteiger partial charge in [0.1, 0.15) is 18.7 Å². The molecule has 1 rings (SSSR count).